The van der Waals surface area contributed by atoms with E-state index < -0.39 is 0 Å². The highest BCUT2D eigenvalue weighted by molar-refractivity contribution is 4.95. The number of hydrogen-bond donors (Lipinski definition) is 1. The lowest BCUT2D eigenvalue weighted by molar-refractivity contribution is -0.0625. The maximum atomic E-state index is 6.42. The van der Waals surface area contributed by atoms with Gasteiger partial charge in [0.25, 0.3) is 0 Å². The summed E-state index contributed by atoms with van der Waals surface area (Å²) in [5.74, 6) is 0. The fourth-order valence-electron chi connectivity index (χ4n) is 4.32. The van der Waals surface area contributed by atoms with E-state index in [0.29, 0.717) is 17.1 Å². The van der Waals surface area contributed by atoms with E-state index in [1.165, 1.54) is 77.2 Å². The second kappa shape index (κ2) is 5.73. The van der Waals surface area contributed by atoms with Gasteiger partial charge in [-0.1, -0.05) is 32.6 Å². The Bertz CT molecular complexity index is 292. The van der Waals surface area contributed by atoms with Gasteiger partial charge in [0.05, 0.1) is 11.7 Å². The smallest absolute Gasteiger partial charge is 0.0708 e. The lowest BCUT2D eigenvalue weighted by Gasteiger charge is -2.33. The van der Waals surface area contributed by atoms with Gasteiger partial charge in [-0.2, -0.15) is 0 Å². The predicted molar refractivity (Wildman–Crippen MR) is 79.4 cm³/mol. The van der Waals surface area contributed by atoms with Crippen LogP contribution in [0.3, 0.4) is 0 Å². The highest BCUT2D eigenvalue weighted by Gasteiger charge is 2.42. The summed E-state index contributed by atoms with van der Waals surface area (Å²) in [6, 6.07) is 0. The highest BCUT2D eigenvalue weighted by Crippen LogP contribution is 2.49. The first-order valence-corrected chi connectivity index (χ1v) is 8.65. The maximum Gasteiger partial charge on any atom is 0.0708 e. The molecule has 3 fully saturated rings. The first-order chi connectivity index (χ1) is 9.26. The van der Waals surface area contributed by atoms with Gasteiger partial charge in [-0.3, -0.25) is 0 Å². The molecule has 1 aliphatic heterocycles. The molecule has 1 spiro atoms. The van der Waals surface area contributed by atoms with E-state index in [4.69, 9.17) is 4.74 Å². The number of ether oxygens (including phenoxy) is 1. The predicted octanol–water partition coefficient (Wildman–Crippen LogP) is 4.04. The zero-order valence-corrected chi connectivity index (χ0v) is 12.7. The zero-order valence-electron chi connectivity index (χ0n) is 12.7. The number of rotatable bonds is 6. The van der Waals surface area contributed by atoms with Crippen LogP contribution in [-0.2, 0) is 4.74 Å². The van der Waals surface area contributed by atoms with Crippen molar-refractivity contribution in [2.75, 3.05) is 13.1 Å². The molecule has 2 nitrogen and oxygen atoms in total. The van der Waals surface area contributed by atoms with Crippen LogP contribution in [0, 0.1) is 5.41 Å². The van der Waals surface area contributed by atoms with Crippen LogP contribution < -0.4 is 5.32 Å². The second-order valence-corrected chi connectivity index (χ2v) is 7.40. The van der Waals surface area contributed by atoms with Gasteiger partial charge in [-0.05, 0) is 50.4 Å². The summed E-state index contributed by atoms with van der Waals surface area (Å²) >= 11 is 0. The molecular formula is C17H31NO. The third-order valence-corrected chi connectivity index (χ3v) is 5.71. The summed E-state index contributed by atoms with van der Waals surface area (Å²) < 4.78 is 6.42. The van der Waals surface area contributed by atoms with Crippen molar-refractivity contribution in [3.8, 4) is 0 Å². The van der Waals surface area contributed by atoms with Crippen LogP contribution in [0.4, 0.5) is 0 Å². The molecule has 1 saturated heterocycles. The molecule has 2 heteroatoms. The Morgan fingerprint density at radius 2 is 1.84 bits per heavy atom. The fourth-order valence-corrected chi connectivity index (χ4v) is 4.32. The third-order valence-electron chi connectivity index (χ3n) is 5.71. The minimum absolute atomic E-state index is 0.297. The SMILES string of the molecule is CCCC1(CNCC2CCC3(CCCCC3)O2)CC1. The standard InChI is InChI=1S/C17H31NO/c1-2-7-16(11-12-16)14-18-13-15-6-10-17(19-15)8-4-3-5-9-17/h15,18H,2-14H2,1H3. The van der Waals surface area contributed by atoms with Crippen LogP contribution in [0.2, 0.25) is 0 Å². The maximum absolute atomic E-state index is 6.42. The second-order valence-electron chi connectivity index (χ2n) is 7.40. The van der Waals surface area contributed by atoms with E-state index in [9.17, 15) is 0 Å². The molecule has 0 radical (unpaired) electrons. The van der Waals surface area contributed by atoms with Crippen molar-refractivity contribution in [3.63, 3.8) is 0 Å². The molecule has 0 amide bonds. The van der Waals surface area contributed by atoms with E-state index in [-0.39, 0.29) is 0 Å². The first-order valence-electron chi connectivity index (χ1n) is 8.65. The lowest BCUT2D eigenvalue weighted by atomic mass is 9.83. The van der Waals surface area contributed by atoms with Gasteiger partial charge in [0, 0.05) is 13.1 Å². The molecule has 19 heavy (non-hydrogen) atoms. The summed E-state index contributed by atoms with van der Waals surface area (Å²) in [6.45, 7) is 4.63. The fraction of sp³-hybridized carbons (Fsp3) is 1.00. The molecule has 1 atom stereocenters. The summed E-state index contributed by atoms with van der Waals surface area (Å²) in [6.07, 6.45) is 15.6. The van der Waals surface area contributed by atoms with Crippen LogP contribution in [0.15, 0.2) is 0 Å². The van der Waals surface area contributed by atoms with Crippen molar-refractivity contribution in [2.24, 2.45) is 5.41 Å². The van der Waals surface area contributed by atoms with Crippen LogP contribution in [-0.4, -0.2) is 24.8 Å². The van der Waals surface area contributed by atoms with Crippen molar-refractivity contribution >= 4 is 0 Å². The van der Waals surface area contributed by atoms with Crippen molar-refractivity contribution in [3.05, 3.63) is 0 Å². The molecule has 2 aliphatic carbocycles. The van der Waals surface area contributed by atoms with Crippen molar-refractivity contribution in [1.29, 1.82) is 0 Å². The summed E-state index contributed by atoms with van der Waals surface area (Å²) in [4.78, 5) is 0. The molecule has 0 aromatic rings. The highest BCUT2D eigenvalue weighted by atomic mass is 16.5. The minimum Gasteiger partial charge on any atom is -0.370 e. The van der Waals surface area contributed by atoms with E-state index >= 15 is 0 Å². The Hall–Kier alpha value is -0.0800. The molecule has 2 saturated carbocycles. The lowest BCUT2D eigenvalue weighted by Crippen LogP contribution is -2.36. The molecule has 1 heterocycles. The topological polar surface area (TPSA) is 21.3 Å². The molecule has 110 valence electrons. The summed E-state index contributed by atoms with van der Waals surface area (Å²) in [5.41, 5.74) is 0.973. The molecule has 3 rings (SSSR count). The number of nitrogens with one attached hydrogen (secondary N) is 1. The third kappa shape index (κ3) is 3.33. The quantitative estimate of drug-likeness (QED) is 0.782. The minimum atomic E-state index is 0.297. The van der Waals surface area contributed by atoms with Crippen LogP contribution in [0.5, 0.6) is 0 Å². The van der Waals surface area contributed by atoms with Crippen LogP contribution >= 0.6 is 0 Å². The average Bonchev–Trinajstić information content (AvgIpc) is 3.07. The Kier molecular flexibility index (Phi) is 4.19. The summed E-state index contributed by atoms with van der Waals surface area (Å²) in [5, 5.41) is 3.71. The molecule has 1 unspecified atom stereocenters. The van der Waals surface area contributed by atoms with Gasteiger partial charge < -0.3 is 10.1 Å². The van der Waals surface area contributed by atoms with Crippen molar-refractivity contribution in [1.82, 2.24) is 5.32 Å². The van der Waals surface area contributed by atoms with Gasteiger partial charge >= 0.3 is 0 Å². The normalized spacial score (nSPS) is 31.7. The van der Waals surface area contributed by atoms with Gasteiger partial charge in [0.2, 0.25) is 0 Å². The Balaban J connectivity index is 1.38. The number of hydrogen-bond acceptors (Lipinski definition) is 2. The first kappa shape index (κ1) is 13.9. The van der Waals surface area contributed by atoms with E-state index in [2.05, 4.69) is 12.2 Å². The molecule has 3 aliphatic rings. The van der Waals surface area contributed by atoms with E-state index in [1.807, 2.05) is 0 Å². The largest absolute Gasteiger partial charge is 0.370 e. The van der Waals surface area contributed by atoms with E-state index in [0.717, 1.165) is 6.54 Å². The van der Waals surface area contributed by atoms with Gasteiger partial charge in [0.15, 0.2) is 0 Å². The Morgan fingerprint density at radius 3 is 2.53 bits per heavy atom. The molecule has 0 bridgehead atoms. The van der Waals surface area contributed by atoms with Crippen LogP contribution in [0.1, 0.15) is 77.6 Å². The van der Waals surface area contributed by atoms with Gasteiger partial charge in [0.1, 0.15) is 0 Å². The van der Waals surface area contributed by atoms with Gasteiger partial charge in [-0.25, -0.2) is 0 Å². The Morgan fingerprint density at radius 1 is 1.05 bits per heavy atom. The van der Waals surface area contributed by atoms with Crippen LogP contribution in [0.25, 0.3) is 0 Å². The van der Waals surface area contributed by atoms with E-state index in [1.54, 1.807) is 0 Å². The summed E-state index contributed by atoms with van der Waals surface area (Å²) in [7, 11) is 0. The van der Waals surface area contributed by atoms with Crippen molar-refractivity contribution in [2.45, 2.75) is 89.3 Å². The molecule has 0 aromatic heterocycles. The van der Waals surface area contributed by atoms with Gasteiger partial charge in [-0.15, -0.1) is 0 Å². The monoisotopic (exact) mass is 265 g/mol. The zero-order chi connectivity index (χ0) is 13.2. The Labute approximate surface area is 118 Å². The molecule has 1 N–H and O–H groups in total. The average molecular weight is 265 g/mol. The molecule has 0 aromatic carbocycles. The molecular weight excluding hydrogens is 234 g/mol. The van der Waals surface area contributed by atoms with Crippen molar-refractivity contribution < 1.29 is 4.74 Å².